The molecule has 96 valence electrons. The van der Waals surface area contributed by atoms with Crippen LogP contribution in [0.1, 0.15) is 39.0 Å². The highest BCUT2D eigenvalue weighted by molar-refractivity contribution is 7.89. The van der Waals surface area contributed by atoms with Gasteiger partial charge in [-0.05, 0) is 32.2 Å². The van der Waals surface area contributed by atoms with Gasteiger partial charge in [0.2, 0.25) is 10.0 Å². The smallest absolute Gasteiger partial charge is 0.213 e. The van der Waals surface area contributed by atoms with E-state index in [0.717, 1.165) is 25.8 Å². The number of sulfonamides is 1. The molecule has 5 heteroatoms. The van der Waals surface area contributed by atoms with E-state index in [2.05, 4.69) is 12.2 Å². The molecule has 1 fully saturated rings. The van der Waals surface area contributed by atoms with Crippen LogP contribution in [0.5, 0.6) is 0 Å². The standard InChI is InChI=1S/C11H24N2O2S/c1-3-4-9-13(2)16(14,15)10-5-8-12-11-6-7-11/h11-12H,3-10H2,1-2H3. The third-order valence-electron chi connectivity index (χ3n) is 2.89. The van der Waals surface area contributed by atoms with Gasteiger partial charge in [0.15, 0.2) is 0 Å². The predicted molar refractivity (Wildman–Crippen MR) is 67.0 cm³/mol. The summed E-state index contributed by atoms with van der Waals surface area (Å²) in [6.45, 7) is 3.54. The van der Waals surface area contributed by atoms with E-state index in [9.17, 15) is 8.42 Å². The van der Waals surface area contributed by atoms with Gasteiger partial charge in [0.05, 0.1) is 5.75 Å². The van der Waals surface area contributed by atoms with Gasteiger partial charge in [-0.3, -0.25) is 0 Å². The lowest BCUT2D eigenvalue weighted by Crippen LogP contribution is -2.31. The molecule has 1 saturated carbocycles. The summed E-state index contributed by atoms with van der Waals surface area (Å²) in [5.74, 6) is 0.271. The third kappa shape index (κ3) is 5.27. The van der Waals surface area contributed by atoms with Gasteiger partial charge in [-0.15, -0.1) is 0 Å². The average molecular weight is 248 g/mol. The molecule has 0 heterocycles. The Balaban J connectivity index is 2.15. The van der Waals surface area contributed by atoms with Gasteiger partial charge in [0.1, 0.15) is 0 Å². The van der Waals surface area contributed by atoms with Crippen molar-refractivity contribution in [2.24, 2.45) is 0 Å². The highest BCUT2D eigenvalue weighted by Crippen LogP contribution is 2.18. The van der Waals surface area contributed by atoms with Gasteiger partial charge < -0.3 is 5.32 Å². The van der Waals surface area contributed by atoms with E-state index in [1.165, 1.54) is 17.1 Å². The van der Waals surface area contributed by atoms with Gasteiger partial charge in [-0.25, -0.2) is 12.7 Å². The van der Waals surface area contributed by atoms with Gasteiger partial charge in [0.25, 0.3) is 0 Å². The summed E-state index contributed by atoms with van der Waals surface area (Å²) in [7, 11) is -1.34. The van der Waals surface area contributed by atoms with Crippen molar-refractivity contribution in [2.45, 2.75) is 45.1 Å². The van der Waals surface area contributed by atoms with E-state index in [-0.39, 0.29) is 5.75 Å². The zero-order valence-corrected chi connectivity index (χ0v) is 11.2. The topological polar surface area (TPSA) is 49.4 Å². The number of nitrogens with zero attached hydrogens (tertiary/aromatic N) is 1. The highest BCUT2D eigenvalue weighted by Gasteiger charge is 2.21. The van der Waals surface area contributed by atoms with E-state index < -0.39 is 10.0 Å². The largest absolute Gasteiger partial charge is 0.314 e. The maximum Gasteiger partial charge on any atom is 0.213 e. The Morgan fingerprint density at radius 2 is 2.00 bits per heavy atom. The molecule has 0 aromatic rings. The number of unbranched alkanes of at least 4 members (excludes halogenated alkanes) is 1. The van der Waals surface area contributed by atoms with Crippen molar-refractivity contribution in [2.75, 3.05) is 25.9 Å². The molecule has 1 N–H and O–H groups in total. The maximum absolute atomic E-state index is 11.8. The summed E-state index contributed by atoms with van der Waals surface area (Å²) in [5, 5.41) is 3.33. The quantitative estimate of drug-likeness (QED) is 0.624. The second-order valence-electron chi connectivity index (χ2n) is 4.57. The monoisotopic (exact) mass is 248 g/mol. The minimum atomic E-state index is -3.02. The van der Waals surface area contributed by atoms with E-state index in [4.69, 9.17) is 0 Å². The van der Waals surface area contributed by atoms with Crippen molar-refractivity contribution in [3.05, 3.63) is 0 Å². The van der Waals surface area contributed by atoms with Crippen LogP contribution in [0.3, 0.4) is 0 Å². The molecule has 1 aliphatic rings. The molecule has 0 aromatic carbocycles. The van der Waals surface area contributed by atoms with Crippen LogP contribution in [0.15, 0.2) is 0 Å². The van der Waals surface area contributed by atoms with Crippen molar-refractivity contribution in [1.29, 1.82) is 0 Å². The molecule has 0 bridgehead atoms. The molecular weight excluding hydrogens is 224 g/mol. The minimum Gasteiger partial charge on any atom is -0.314 e. The molecule has 0 aliphatic heterocycles. The summed E-state index contributed by atoms with van der Waals surface area (Å²) in [5.41, 5.74) is 0. The molecule has 1 rings (SSSR count). The second-order valence-corrected chi connectivity index (χ2v) is 6.77. The van der Waals surface area contributed by atoms with Crippen LogP contribution in [0.25, 0.3) is 0 Å². The van der Waals surface area contributed by atoms with Crippen LogP contribution in [0, 0.1) is 0 Å². The zero-order valence-electron chi connectivity index (χ0n) is 10.4. The SMILES string of the molecule is CCCCN(C)S(=O)(=O)CCCNC1CC1. The minimum absolute atomic E-state index is 0.271. The lowest BCUT2D eigenvalue weighted by molar-refractivity contribution is 0.457. The molecule has 1 aliphatic carbocycles. The first-order valence-electron chi connectivity index (χ1n) is 6.23. The Labute approximate surface area is 99.5 Å². The van der Waals surface area contributed by atoms with Gasteiger partial charge >= 0.3 is 0 Å². The fourth-order valence-electron chi connectivity index (χ4n) is 1.52. The molecule has 16 heavy (non-hydrogen) atoms. The van der Waals surface area contributed by atoms with E-state index in [1.54, 1.807) is 7.05 Å². The Kier molecular flexibility index (Phi) is 5.72. The van der Waals surface area contributed by atoms with Crippen molar-refractivity contribution in [3.63, 3.8) is 0 Å². The summed E-state index contributed by atoms with van der Waals surface area (Å²) >= 11 is 0. The lowest BCUT2D eigenvalue weighted by Gasteiger charge is -2.16. The Morgan fingerprint density at radius 3 is 2.56 bits per heavy atom. The number of rotatable bonds is 9. The van der Waals surface area contributed by atoms with Gasteiger partial charge in [0, 0.05) is 19.6 Å². The Bertz CT molecular complexity index is 286. The van der Waals surface area contributed by atoms with Crippen molar-refractivity contribution in [1.82, 2.24) is 9.62 Å². The molecule has 0 saturated heterocycles. The molecule has 0 radical (unpaired) electrons. The first-order valence-corrected chi connectivity index (χ1v) is 7.84. The van der Waals surface area contributed by atoms with E-state index in [1.807, 2.05) is 0 Å². The Morgan fingerprint density at radius 1 is 1.31 bits per heavy atom. The normalized spacial score (nSPS) is 16.9. The molecule has 0 aromatic heterocycles. The molecular formula is C11H24N2O2S. The molecule has 4 nitrogen and oxygen atoms in total. The van der Waals surface area contributed by atoms with Crippen LogP contribution < -0.4 is 5.32 Å². The Hall–Kier alpha value is -0.130. The van der Waals surface area contributed by atoms with Gasteiger partial charge in [-0.1, -0.05) is 13.3 Å². The first-order chi connectivity index (χ1) is 7.56. The van der Waals surface area contributed by atoms with Crippen LogP contribution in [-0.4, -0.2) is 44.7 Å². The summed E-state index contributed by atoms with van der Waals surface area (Å²) in [6.07, 6.45) is 5.20. The summed E-state index contributed by atoms with van der Waals surface area (Å²) < 4.78 is 25.1. The van der Waals surface area contributed by atoms with E-state index >= 15 is 0 Å². The van der Waals surface area contributed by atoms with Crippen LogP contribution in [0.2, 0.25) is 0 Å². The fraction of sp³-hybridized carbons (Fsp3) is 1.00. The summed E-state index contributed by atoms with van der Waals surface area (Å²) in [6, 6.07) is 0.667. The number of nitrogens with one attached hydrogen (secondary N) is 1. The average Bonchev–Trinajstić information content (AvgIpc) is 3.04. The second kappa shape index (κ2) is 6.57. The zero-order chi connectivity index (χ0) is 12.0. The fourth-order valence-corrected chi connectivity index (χ4v) is 2.75. The molecule has 0 atom stereocenters. The number of hydrogen-bond acceptors (Lipinski definition) is 3. The van der Waals surface area contributed by atoms with Crippen LogP contribution >= 0.6 is 0 Å². The van der Waals surface area contributed by atoms with Crippen molar-refractivity contribution >= 4 is 10.0 Å². The van der Waals surface area contributed by atoms with Crippen LogP contribution in [0.4, 0.5) is 0 Å². The number of hydrogen-bond donors (Lipinski definition) is 1. The van der Waals surface area contributed by atoms with E-state index in [0.29, 0.717) is 12.6 Å². The molecule has 0 spiro atoms. The lowest BCUT2D eigenvalue weighted by atomic mass is 10.3. The first kappa shape index (κ1) is 13.9. The predicted octanol–water partition coefficient (Wildman–Crippen LogP) is 1.19. The van der Waals surface area contributed by atoms with Crippen molar-refractivity contribution in [3.8, 4) is 0 Å². The highest BCUT2D eigenvalue weighted by atomic mass is 32.2. The maximum atomic E-state index is 11.8. The summed E-state index contributed by atoms with van der Waals surface area (Å²) in [4.78, 5) is 0. The molecule has 0 amide bonds. The van der Waals surface area contributed by atoms with Gasteiger partial charge in [-0.2, -0.15) is 0 Å². The molecule has 0 unspecified atom stereocenters. The van der Waals surface area contributed by atoms with Crippen molar-refractivity contribution < 1.29 is 8.42 Å². The van der Waals surface area contributed by atoms with Crippen LogP contribution in [-0.2, 0) is 10.0 Å². The third-order valence-corrected chi connectivity index (χ3v) is 4.83.